The predicted molar refractivity (Wildman–Crippen MR) is 229 cm³/mol. The summed E-state index contributed by atoms with van der Waals surface area (Å²) in [4.78, 5) is 45.0. The molecule has 296 valence electrons. The number of hydrogen-bond donors (Lipinski definition) is 4. The molecule has 0 fully saturated rings. The number of aryl methyl sites for hydroxylation is 2. The summed E-state index contributed by atoms with van der Waals surface area (Å²) < 4.78 is 5.37. The number of nitrogens with zero attached hydrogens (tertiary/aromatic N) is 5. The van der Waals surface area contributed by atoms with E-state index in [4.69, 9.17) is 4.74 Å². The summed E-state index contributed by atoms with van der Waals surface area (Å²) in [6, 6.07) is 39.6. The molecular formula is C45H53N9O3. The van der Waals surface area contributed by atoms with Crippen molar-refractivity contribution in [2.24, 2.45) is 0 Å². The number of carbonyl (C=O) groups excluding carboxylic acids is 1. The minimum atomic E-state index is -0.598. The van der Waals surface area contributed by atoms with E-state index in [0.29, 0.717) is 42.2 Å². The van der Waals surface area contributed by atoms with Crippen molar-refractivity contribution in [3.63, 3.8) is 0 Å². The zero-order valence-corrected chi connectivity index (χ0v) is 33.8. The first-order valence-electron chi connectivity index (χ1n) is 18.9. The Bertz CT molecular complexity index is 2220. The summed E-state index contributed by atoms with van der Waals surface area (Å²) in [7, 11) is 4.02. The molecule has 57 heavy (non-hydrogen) atoms. The van der Waals surface area contributed by atoms with Gasteiger partial charge in [-0.2, -0.15) is 0 Å². The molecule has 0 aliphatic heterocycles. The lowest BCUT2D eigenvalue weighted by Crippen LogP contribution is -2.28. The number of carbonyl (C=O) groups is 1. The van der Waals surface area contributed by atoms with E-state index >= 15 is 0 Å². The third-order valence-electron chi connectivity index (χ3n) is 8.26. The molecule has 0 radical (unpaired) electrons. The molecule has 2 heterocycles. The summed E-state index contributed by atoms with van der Waals surface area (Å²) in [6.07, 6.45) is -0.555. The van der Waals surface area contributed by atoms with Gasteiger partial charge in [-0.05, 0) is 84.1 Å². The Labute approximate surface area is 335 Å². The van der Waals surface area contributed by atoms with Crippen LogP contribution in [-0.4, -0.2) is 55.5 Å². The van der Waals surface area contributed by atoms with Crippen molar-refractivity contribution in [1.82, 2.24) is 29.7 Å². The number of nitrogens with one attached hydrogen (secondary N) is 4. The van der Waals surface area contributed by atoms with Crippen LogP contribution in [0.25, 0.3) is 0 Å². The number of hydrogen-bond acceptors (Lipinski definition) is 10. The van der Waals surface area contributed by atoms with Gasteiger partial charge in [-0.15, -0.1) is 0 Å². The number of anilines is 5. The molecule has 6 rings (SSSR count). The smallest absolute Gasteiger partial charge is 0.413 e. The van der Waals surface area contributed by atoms with Crippen LogP contribution in [0.2, 0.25) is 0 Å². The predicted octanol–water partition coefficient (Wildman–Crippen LogP) is 8.96. The van der Waals surface area contributed by atoms with Gasteiger partial charge in [-0.25, -0.2) is 19.7 Å². The number of ether oxygens (including phenoxy) is 1. The zero-order valence-electron chi connectivity index (χ0n) is 33.8. The second kappa shape index (κ2) is 20.0. The molecule has 0 aliphatic rings. The fraction of sp³-hybridized carbons (Fsp3) is 0.267. The van der Waals surface area contributed by atoms with E-state index in [9.17, 15) is 9.59 Å². The summed E-state index contributed by atoms with van der Waals surface area (Å²) in [5, 5.41) is 9.21. The van der Waals surface area contributed by atoms with Crippen molar-refractivity contribution >= 4 is 34.9 Å². The van der Waals surface area contributed by atoms with E-state index in [1.165, 1.54) is 28.3 Å². The highest BCUT2D eigenvalue weighted by atomic mass is 16.6. The van der Waals surface area contributed by atoms with Crippen molar-refractivity contribution in [3.8, 4) is 0 Å². The largest absolute Gasteiger partial charge is 0.444 e. The monoisotopic (exact) mass is 767 g/mol. The number of amides is 1. The van der Waals surface area contributed by atoms with Crippen LogP contribution in [0.1, 0.15) is 54.7 Å². The topological polar surface area (TPSA) is 140 Å². The molecule has 0 aliphatic carbocycles. The minimum absolute atomic E-state index is 0.160. The molecular weight excluding hydrogens is 715 g/mol. The lowest BCUT2D eigenvalue weighted by molar-refractivity contribution is 0.0635. The van der Waals surface area contributed by atoms with Gasteiger partial charge in [-0.3, -0.25) is 19.9 Å². The molecule has 2 aromatic heterocycles. The van der Waals surface area contributed by atoms with Gasteiger partial charge >= 0.3 is 6.09 Å². The van der Waals surface area contributed by atoms with Crippen LogP contribution in [0.15, 0.2) is 126 Å². The van der Waals surface area contributed by atoms with Gasteiger partial charge < -0.3 is 20.4 Å². The first-order chi connectivity index (χ1) is 27.2. The maximum absolute atomic E-state index is 12.3. The molecule has 6 aromatic rings. The van der Waals surface area contributed by atoms with Crippen LogP contribution < -0.4 is 21.5 Å². The Morgan fingerprint density at radius 2 is 1.11 bits per heavy atom. The molecule has 0 spiro atoms. The Morgan fingerprint density at radius 3 is 1.61 bits per heavy atom. The number of H-pyrrole nitrogens is 1. The van der Waals surface area contributed by atoms with E-state index in [-0.39, 0.29) is 5.56 Å². The molecule has 0 saturated carbocycles. The molecule has 4 aromatic carbocycles. The number of benzene rings is 4. The van der Waals surface area contributed by atoms with Crippen LogP contribution in [-0.2, 0) is 30.9 Å². The van der Waals surface area contributed by atoms with E-state index < -0.39 is 11.7 Å². The Hall–Kier alpha value is -6.37. The summed E-state index contributed by atoms with van der Waals surface area (Å²) >= 11 is 0. The third kappa shape index (κ3) is 15.0. The highest BCUT2D eigenvalue weighted by molar-refractivity contribution is 5.84. The van der Waals surface area contributed by atoms with Crippen molar-refractivity contribution in [3.05, 3.63) is 166 Å². The van der Waals surface area contributed by atoms with Crippen LogP contribution in [0.4, 0.5) is 33.6 Å². The molecule has 0 bridgehead atoms. The standard InChI is InChI=1S/C25H31N5O2.C20H22N4O/c1-18-11-13-20(14-12-18)26-21-15-22(29-24(31)32-25(2,3)4)28-23(27-21)17-30(5)16-19-9-7-6-8-10-19;1-15-8-10-17(11-9-15)21-18-12-20(25)23-19(22-18)14-24(2)13-16-6-4-3-5-7-16/h6-15H,16-17H2,1-5H3,(H2,26,27,28,29,31);3-12H,13-14H2,1-2H3,(H2,21,22,23,25). The molecule has 12 heteroatoms. The molecule has 0 saturated heterocycles. The van der Waals surface area contributed by atoms with E-state index in [0.717, 1.165) is 24.5 Å². The zero-order chi connectivity index (χ0) is 40.8. The number of aromatic amines is 1. The normalized spacial score (nSPS) is 11.1. The lowest BCUT2D eigenvalue weighted by Gasteiger charge is -2.20. The van der Waals surface area contributed by atoms with Gasteiger partial charge in [0.1, 0.15) is 34.7 Å². The maximum Gasteiger partial charge on any atom is 0.413 e. The van der Waals surface area contributed by atoms with Gasteiger partial charge in [0.25, 0.3) is 5.56 Å². The first kappa shape index (κ1) is 41.8. The fourth-order valence-electron chi connectivity index (χ4n) is 5.72. The molecule has 0 atom stereocenters. The second-order valence-corrected chi connectivity index (χ2v) is 15.1. The number of aromatic nitrogens is 4. The Kier molecular flexibility index (Phi) is 14.7. The molecule has 1 amide bonds. The minimum Gasteiger partial charge on any atom is -0.444 e. The van der Waals surface area contributed by atoms with Crippen LogP contribution in [0.3, 0.4) is 0 Å². The van der Waals surface area contributed by atoms with E-state index in [2.05, 4.69) is 70.0 Å². The van der Waals surface area contributed by atoms with E-state index in [1.807, 2.05) is 134 Å². The van der Waals surface area contributed by atoms with Crippen LogP contribution >= 0.6 is 0 Å². The van der Waals surface area contributed by atoms with Crippen molar-refractivity contribution in [1.29, 1.82) is 0 Å². The van der Waals surface area contributed by atoms with Crippen LogP contribution in [0, 0.1) is 13.8 Å². The average Bonchev–Trinajstić information content (AvgIpc) is 3.13. The van der Waals surface area contributed by atoms with Gasteiger partial charge in [-0.1, -0.05) is 96.1 Å². The maximum atomic E-state index is 12.3. The fourth-order valence-corrected chi connectivity index (χ4v) is 5.72. The molecule has 0 unspecified atom stereocenters. The summed E-state index contributed by atoms with van der Waals surface area (Å²) in [5.74, 6) is 2.76. The number of rotatable bonds is 13. The van der Waals surface area contributed by atoms with E-state index in [1.54, 1.807) is 6.07 Å². The highest BCUT2D eigenvalue weighted by Gasteiger charge is 2.18. The molecule has 12 nitrogen and oxygen atoms in total. The quantitative estimate of drug-likeness (QED) is 0.0901. The molecule has 4 N–H and O–H groups in total. The summed E-state index contributed by atoms with van der Waals surface area (Å²) in [5.41, 5.74) is 5.85. The Morgan fingerprint density at radius 1 is 0.632 bits per heavy atom. The van der Waals surface area contributed by atoms with Crippen molar-refractivity contribution in [2.45, 2.75) is 66.4 Å². The van der Waals surface area contributed by atoms with Gasteiger partial charge in [0.05, 0.1) is 13.1 Å². The Balaban J connectivity index is 0.000000224. The highest BCUT2D eigenvalue weighted by Crippen LogP contribution is 2.20. The van der Waals surface area contributed by atoms with Gasteiger partial charge in [0.2, 0.25) is 0 Å². The van der Waals surface area contributed by atoms with Crippen molar-refractivity contribution in [2.75, 3.05) is 30.0 Å². The van der Waals surface area contributed by atoms with Crippen LogP contribution in [0.5, 0.6) is 0 Å². The van der Waals surface area contributed by atoms with Gasteiger partial charge in [0.15, 0.2) is 0 Å². The van der Waals surface area contributed by atoms with Gasteiger partial charge in [0, 0.05) is 36.6 Å². The SMILES string of the molecule is Cc1ccc(Nc2cc(=O)[nH]c(CN(C)Cc3ccccc3)n2)cc1.Cc1ccc(Nc2cc(NC(=O)OC(C)(C)C)nc(CN(C)Cc3ccccc3)n2)cc1. The summed E-state index contributed by atoms with van der Waals surface area (Å²) in [6.45, 7) is 12.2. The third-order valence-corrected chi connectivity index (χ3v) is 8.26. The second-order valence-electron chi connectivity index (χ2n) is 15.1. The van der Waals surface area contributed by atoms with Crippen molar-refractivity contribution < 1.29 is 9.53 Å². The first-order valence-corrected chi connectivity index (χ1v) is 18.9. The lowest BCUT2D eigenvalue weighted by atomic mass is 10.2. The average molecular weight is 768 g/mol.